The van der Waals surface area contributed by atoms with Crippen LogP contribution in [0.4, 0.5) is 5.82 Å². The Balaban J connectivity index is 2.89. The molecule has 0 fully saturated rings. The zero-order valence-electron chi connectivity index (χ0n) is 10.5. The van der Waals surface area contributed by atoms with Crippen LogP contribution in [0, 0.1) is 12.8 Å². The summed E-state index contributed by atoms with van der Waals surface area (Å²) < 4.78 is 0. The zero-order valence-corrected chi connectivity index (χ0v) is 11.3. The molecule has 4 N–H and O–H groups in total. The lowest BCUT2D eigenvalue weighted by Crippen LogP contribution is -2.13. The van der Waals surface area contributed by atoms with Gasteiger partial charge in [0, 0.05) is 24.3 Å². The summed E-state index contributed by atoms with van der Waals surface area (Å²) >= 11 is 1.63. The average molecular weight is 256 g/mol. The van der Waals surface area contributed by atoms with Gasteiger partial charge < -0.3 is 10.5 Å². The molecule has 0 radical (unpaired) electrons. The fraction of sp³-hybridized carbons (Fsp3) is 0.636. The monoisotopic (exact) mass is 256 g/mol. The first-order valence-corrected chi connectivity index (χ1v) is 6.68. The molecule has 96 valence electrons. The third kappa shape index (κ3) is 3.83. The van der Waals surface area contributed by atoms with Crippen LogP contribution in [0.15, 0.2) is 5.03 Å². The van der Waals surface area contributed by atoms with Crippen molar-refractivity contribution in [2.45, 2.75) is 32.2 Å². The van der Waals surface area contributed by atoms with Crippen molar-refractivity contribution in [2.24, 2.45) is 11.8 Å². The standard InChI is InChI=1S/C11H20N4OS/c1-4-9-13-10(15-12)8(3)11(14-9)17-6-7(2)5-16/h7,16H,4-6,12H2,1-3H3,(H,13,14,15). The summed E-state index contributed by atoms with van der Waals surface area (Å²) in [4.78, 5) is 8.79. The first kappa shape index (κ1) is 14.2. The number of aliphatic hydroxyl groups is 1. The van der Waals surface area contributed by atoms with Crippen LogP contribution in [0.25, 0.3) is 0 Å². The third-order valence-electron chi connectivity index (χ3n) is 2.42. The third-order valence-corrected chi connectivity index (χ3v) is 3.82. The average Bonchev–Trinajstić information content (AvgIpc) is 2.37. The number of hydrogen-bond acceptors (Lipinski definition) is 6. The van der Waals surface area contributed by atoms with Crippen LogP contribution in [0.1, 0.15) is 25.2 Å². The molecule has 0 spiro atoms. The lowest BCUT2D eigenvalue weighted by atomic mass is 10.2. The van der Waals surface area contributed by atoms with Crippen molar-refractivity contribution in [3.63, 3.8) is 0 Å². The first-order chi connectivity index (χ1) is 8.12. The van der Waals surface area contributed by atoms with E-state index in [-0.39, 0.29) is 12.5 Å². The van der Waals surface area contributed by atoms with Crippen LogP contribution < -0.4 is 11.3 Å². The summed E-state index contributed by atoms with van der Waals surface area (Å²) in [5.74, 6) is 7.99. The number of nitrogens with one attached hydrogen (secondary N) is 1. The van der Waals surface area contributed by atoms with E-state index >= 15 is 0 Å². The van der Waals surface area contributed by atoms with Crippen LogP contribution in [0.5, 0.6) is 0 Å². The van der Waals surface area contributed by atoms with E-state index in [1.54, 1.807) is 11.8 Å². The number of aryl methyl sites for hydroxylation is 1. The van der Waals surface area contributed by atoms with E-state index in [1.807, 2.05) is 20.8 Å². The molecular weight excluding hydrogens is 236 g/mol. The molecule has 5 nitrogen and oxygen atoms in total. The summed E-state index contributed by atoms with van der Waals surface area (Å²) in [5.41, 5.74) is 3.56. The molecular formula is C11H20N4OS. The molecule has 1 aromatic rings. The predicted octanol–water partition coefficient (Wildman–Crippen LogP) is 1.35. The van der Waals surface area contributed by atoms with Crippen molar-refractivity contribution in [2.75, 3.05) is 17.8 Å². The van der Waals surface area contributed by atoms with Crippen LogP contribution >= 0.6 is 11.8 Å². The fourth-order valence-electron chi connectivity index (χ4n) is 1.25. The summed E-state index contributed by atoms with van der Waals surface area (Å²) in [6.45, 7) is 6.16. The number of rotatable bonds is 6. The highest BCUT2D eigenvalue weighted by Crippen LogP contribution is 2.26. The molecule has 1 aromatic heterocycles. The highest BCUT2D eigenvalue weighted by atomic mass is 32.2. The largest absolute Gasteiger partial charge is 0.396 e. The van der Waals surface area contributed by atoms with E-state index in [0.717, 1.165) is 28.6 Å². The maximum Gasteiger partial charge on any atom is 0.147 e. The van der Waals surface area contributed by atoms with Crippen molar-refractivity contribution < 1.29 is 5.11 Å². The Bertz CT molecular complexity index is 373. The SMILES string of the molecule is CCc1nc(NN)c(C)c(SCC(C)CO)n1. The number of nitrogen functional groups attached to an aromatic ring is 1. The lowest BCUT2D eigenvalue weighted by Gasteiger charge is -2.12. The predicted molar refractivity (Wildman–Crippen MR) is 70.9 cm³/mol. The van der Waals surface area contributed by atoms with Gasteiger partial charge in [0.25, 0.3) is 0 Å². The number of aliphatic hydroxyl groups excluding tert-OH is 1. The van der Waals surface area contributed by atoms with Gasteiger partial charge in [0.15, 0.2) is 0 Å². The van der Waals surface area contributed by atoms with E-state index in [9.17, 15) is 0 Å². The molecule has 1 heterocycles. The topological polar surface area (TPSA) is 84.1 Å². The van der Waals surface area contributed by atoms with Gasteiger partial charge in [-0.25, -0.2) is 15.8 Å². The van der Waals surface area contributed by atoms with Gasteiger partial charge in [0.05, 0.1) is 0 Å². The second kappa shape index (κ2) is 6.78. The molecule has 6 heteroatoms. The molecule has 17 heavy (non-hydrogen) atoms. The van der Waals surface area contributed by atoms with E-state index in [0.29, 0.717) is 5.82 Å². The van der Waals surface area contributed by atoms with Crippen molar-refractivity contribution in [3.8, 4) is 0 Å². The van der Waals surface area contributed by atoms with Gasteiger partial charge in [0.2, 0.25) is 0 Å². The van der Waals surface area contributed by atoms with E-state index < -0.39 is 0 Å². The summed E-state index contributed by atoms with van der Waals surface area (Å²) in [6.07, 6.45) is 0.776. The molecule has 1 unspecified atom stereocenters. The maximum absolute atomic E-state index is 9.01. The lowest BCUT2D eigenvalue weighted by molar-refractivity contribution is 0.250. The molecule has 0 saturated heterocycles. The molecule has 0 amide bonds. The summed E-state index contributed by atoms with van der Waals surface area (Å²) in [6, 6.07) is 0. The molecule has 1 rings (SSSR count). The van der Waals surface area contributed by atoms with Crippen LogP contribution in [-0.4, -0.2) is 27.4 Å². The van der Waals surface area contributed by atoms with Crippen molar-refractivity contribution in [1.29, 1.82) is 0 Å². The quantitative estimate of drug-likeness (QED) is 0.308. The molecule has 1 atom stereocenters. The number of thioether (sulfide) groups is 1. The second-order valence-electron chi connectivity index (χ2n) is 4.02. The number of hydrogen-bond donors (Lipinski definition) is 3. The highest BCUT2D eigenvalue weighted by molar-refractivity contribution is 7.99. The zero-order chi connectivity index (χ0) is 12.8. The minimum Gasteiger partial charge on any atom is -0.396 e. The number of anilines is 1. The van der Waals surface area contributed by atoms with Crippen molar-refractivity contribution >= 4 is 17.6 Å². The highest BCUT2D eigenvalue weighted by Gasteiger charge is 2.11. The Labute approximate surface area is 106 Å². The minimum atomic E-state index is 0.194. The fourth-order valence-corrected chi connectivity index (χ4v) is 2.28. The van der Waals surface area contributed by atoms with Gasteiger partial charge in [-0.2, -0.15) is 0 Å². The van der Waals surface area contributed by atoms with E-state index in [4.69, 9.17) is 10.9 Å². The summed E-state index contributed by atoms with van der Waals surface area (Å²) in [5, 5.41) is 9.94. The smallest absolute Gasteiger partial charge is 0.147 e. The van der Waals surface area contributed by atoms with Gasteiger partial charge in [-0.1, -0.05) is 13.8 Å². The van der Waals surface area contributed by atoms with Gasteiger partial charge in [-0.3, -0.25) is 0 Å². The van der Waals surface area contributed by atoms with E-state index in [1.165, 1.54) is 0 Å². The van der Waals surface area contributed by atoms with Gasteiger partial charge in [-0.05, 0) is 12.8 Å². The molecule has 0 saturated carbocycles. The normalized spacial score (nSPS) is 12.5. The molecule has 0 aromatic carbocycles. The minimum absolute atomic E-state index is 0.194. The number of aromatic nitrogens is 2. The number of nitrogens with zero attached hydrogens (tertiary/aromatic N) is 2. The van der Waals surface area contributed by atoms with Gasteiger partial charge >= 0.3 is 0 Å². The van der Waals surface area contributed by atoms with Crippen molar-refractivity contribution in [3.05, 3.63) is 11.4 Å². The van der Waals surface area contributed by atoms with Gasteiger partial charge in [-0.15, -0.1) is 11.8 Å². The van der Waals surface area contributed by atoms with Crippen LogP contribution in [0.2, 0.25) is 0 Å². The molecule has 0 aliphatic heterocycles. The van der Waals surface area contributed by atoms with Crippen molar-refractivity contribution in [1.82, 2.24) is 9.97 Å². The van der Waals surface area contributed by atoms with Gasteiger partial charge in [0.1, 0.15) is 16.7 Å². The Morgan fingerprint density at radius 2 is 2.18 bits per heavy atom. The molecule has 0 aliphatic rings. The number of nitrogens with two attached hydrogens (primary N) is 1. The van der Waals surface area contributed by atoms with Crippen LogP contribution in [-0.2, 0) is 6.42 Å². The molecule has 0 aliphatic carbocycles. The Kier molecular flexibility index (Phi) is 5.67. The summed E-state index contributed by atoms with van der Waals surface area (Å²) in [7, 11) is 0. The Morgan fingerprint density at radius 1 is 1.47 bits per heavy atom. The Morgan fingerprint density at radius 3 is 2.71 bits per heavy atom. The second-order valence-corrected chi connectivity index (χ2v) is 5.02. The first-order valence-electron chi connectivity index (χ1n) is 5.70. The van der Waals surface area contributed by atoms with Crippen LogP contribution in [0.3, 0.4) is 0 Å². The van der Waals surface area contributed by atoms with E-state index in [2.05, 4.69) is 15.4 Å². The molecule has 0 bridgehead atoms. The maximum atomic E-state index is 9.01. The number of hydrazine groups is 1. The Hall–Kier alpha value is -0.850.